The Hall–Kier alpha value is -3.70. The average molecular weight is 739 g/mol. The maximum absolute atomic E-state index is 14.5. The average Bonchev–Trinajstić information content (AvgIpc) is 3.96. The number of hydrogen-bond acceptors (Lipinski definition) is 2. The normalized spacial score (nSPS) is 16.9. The molecule has 0 N–H and O–H groups in total. The standard InChI is InChI=1S/2C23H18OP.Fe/c2*24-25(21-15-7-8-16-21,20-13-5-2-6-14-20)23-18-10-9-17-22(23)19-11-3-1-4-12-19;/h2*1-18H;/q;;+2/t2*25-;/m11./s1. The third kappa shape index (κ3) is 7.75. The first-order valence-corrected chi connectivity index (χ1v) is 20.1. The van der Waals surface area contributed by atoms with Crippen molar-refractivity contribution in [3.8, 4) is 22.3 Å². The molecule has 2 nitrogen and oxygen atoms in total. The molecule has 2 atom stereocenters. The molecule has 2 saturated carbocycles. The first-order valence-electron chi connectivity index (χ1n) is 16.7. The second-order valence-corrected chi connectivity index (χ2v) is 17.4. The van der Waals surface area contributed by atoms with Crippen LogP contribution in [0.2, 0.25) is 0 Å². The molecule has 2 aliphatic carbocycles. The minimum Gasteiger partial charge on any atom is -0.313 e. The Morgan fingerprint density at radius 1 is 0.314 bits per heavy atom. The maximum Gasteiger partial charge on any atom is 2.00 e. The van der Waals surface area contributed by atoms with Crippen molar-refractivity contribution in [3.63, 3.8) is 0 Å². The Kier molecular flexibility index (Phi) is 12.5. The van der Waals surface area contributed by atoms with E-state index in [-0.39, 0.29) is 17.1 Å². The van der Waals surface area contributed by atoms with Gasteiger partial charge in [-0.05, 0) is 73.6 Å². The fourth-order valence-corrected chi connectivity index (χ4v) is 12.3. The fraction of sp³-hybridized carbons (Fsp3) is 0. The van der Waals surface area contributed by atoms with E-state index in [0.717, 1.165) is 54.8 Å². The van der Waals surface area contributed by atoms with Crippen LogP contribution in [0.5, 0.6) is 0 Å². The summed E-state index contributed by atoms with van der Waals surface area (Å²) in [6.45, 7) is 0. The summed E-state index contributed by atoms with van der Waals surface area (Å²) < 4.78 is 28.9. The zero-order valence-corrected chi connectivity index (χ0v) is 30.7. The van der Waals surface area contributed by atoms with E-state index in [0.29, 0.717) is 0 Å². The fourth-order valence-electron chi connectivity index (χ4n) is 6.50. The van der Waals surface area contributed by atoms with Crippen molar-refractivity contribution in [1.29, 1.82) is 0 Å². The van der Waals surface area contributed by atoms with Crippen molar-refractivity contribution < 1.29 is 26.2 Å². The van der Waals surface area contributed by atoms with Gasteiger partial charge in [0.1, 0.15) is 0 Å². The molecule has 51 heavy (non-hydrogen) atoms. The SMILES string of the molecule is O=[P@@]([C]1[CH][CH][CH][CH]1)(c1ccccc1)c1ccccc1-c1ccccc1.O=[P@@]([C]1[CH][CH][CH][CH]1)(c1ccccc1)c1ccccc1-c1ccccc1.[Fe+2]. The molecule has 8 rings (SSSR count). The Morgan fingerprint density at radius 2 is 0.588 bits per heavy atom. The third-order valence-corrected chi connectivity index (χ3v) is 15.2. The molecular weight excluding hydrogens is 702 g/mol. The van der Waals surface area contributed by atoms with Crippen molar-refractivity contribution in [1.82, 2.24) is 0 Å². The molecule has 248 valence electrons. The monoisotopic (exact) mass is 738 g/mol. The van der Waals surface area contributed by atoms with Gasteiger partial charge in [-0.15, -0.1) is 0 Å². The molecule has 6 aromatic rings. The Labute approximate surface area is 315 Å². The van der Waals surface area contributed by atoms with Gasteiger partial charge in [-0.3, -0.25) is 0 Å². The molecule has 0 saturated heterocycles. The molecule has 0 bridgehead atoms. The van der Waals surface area contributed by atoms with Crippen molar-refractivity contribution in [2.75, 3.05) is 0 Å². The van der Waals surface area contributed by atoms with E-state index in [9.17, 15) is 9.13 Å². The van der Waals surface area contributed by atoms with Crippen LogP contribution < -0.4 is 21.2 Å². The maximum atomic E-state index is 14.5. The second-order valence-electron chi connectivity index (χ2n) is 11.9. The molecule has 0 amide bonds. The zero-order chi connectivity index (χ0) is 34.2. The van der Waals surface area contributed by atoms with E-state index in [1.165, 1.54) is 0 Å². The summed E-state index contributed by atoms with van der Waals surface area (Å²) in [6.07, 6.45) is 15.7. The van der Waals surface area contributed by atoms with Gasteiger partial charge in [-0.25, -0.2) is 0 Å². The summed E-state index contributed by atoms with van der Waals surface area (Å²) in [5, 5.41) is 3.51. The van der Waals surface area contributed by atoms with E-state index >= 15 is 0 Å². The van der Waals surface area contributed by atoms with Gasteiger partial charge >= 0.3 is 17.1 Å². The Bertz CT molecular complexity index is 1920. The summed E-state index contributed by atoms with van der Waals surface area (Å²) in [7, 11) is -5.86. The van der Waals surface area contributed by atoms with Crippen LogP contribution in [-0.2, 0) is 26.2 Å². The first kappa shape index (κ1) is 37.1. The first-order chi connectivity index (χ1) is 24.6. The van der Waals surface area contributed by atoms with Crippen LogP contribution in [0.1, 0.15) is 0 Å². The van der Waals surface area contributed by atoms with E-state index < -0.39 is 14.3 Å². The van der Waals surface area contributed by atoms with Gasteiger partial charge in [-0.2, -0.15) is 0 Å². The van der Waals surface area contributed by atoms with Gasteiger partial charge < -0.3 is 9.13 Å². The van der Waals surface area contributed by atoms with Crippen LogP contribution in [0.3, 0.4) is 0 Å². The van der Waals surface area contributed by atoms with Gasteiger partial charge in [0.15, 0.2) is 14.3 Å². The second kappa shape index (κ2) is 17.2. The zero-order valence-electron chi connectivity index (χ0n) is 27.8. The van der Waals surface area contributed by atoms with Crippen molar-refractivity contribution >= 4 is 35.5 Å². The van der Waals surface area contributed by atoms with Gasteiger partial charge in [-0.1, -0.05) is 170 Å². The summed E-state index contributed by atoms with van der Waals surface area (Å²) in [4.78, 5) is 0. The molecule has 6 aromatic carbocycles. The quantitative estimate of drug-likeness (QED) is 0.115. The van der Waals surface area contributed by atoms with Gasteiger partial charge in [0, 0.05) is 21.2 Å². The van der Waals surface area contributed by atoms with Crippen molar-refractivity contribution in [2.45, 2.75) is 0 Å². The molecule has 0 spiro atoms. The molecular formula is C46H36FeO2P2+2. The molecule has 0 aliphatic heterocycles. The van der Waals surface area contributed by atoms with E-state index in [2.05, 4.69) is 36.4 Å². The molecule has 2 fully saturated rings. The van der Waals surface area contributed by atoms with Gasteiger partial charge in [0.25, 0.3) is 0 Å². The van der Waals surface area contributed by atoms with Crippen molar-refractivity contribution in [3.05, 3.63) is 233 Å². The van der Waals surface area contributed by atoms with Crippen LogP contribution >= 0.6 is 14.3 Å². The molecule has 5 heteroatoms. The molecule has 0 aromatic heterocycles. The largest absolute Gasteiger partial charge is 2.00 e. The number of rotatable bonds is 8. The third-order valence-electron chi connectivity index (χ3n) is 8.91. The van der Waals surface area contributed by atoms with Crippen LogP contribution in [0.25, 0.3) is 22.3 Å². The number of hydrogen-bond donors (Lipinski definition) is 0. The molecule has 2 aliphatic rings. The summed E-state index contributed by atoms with van der Waals surface area (Å²) in [5.41, 5.74) is 5.97. The summed E-state index contributed by atoms with van der Waals surface area (Å²) >= 11 is 0. The Morgan fingerprint density at radius 3 is 0.922 bits per heavy atom. The summed E-state index contributed by atoms with van der Waals surface area (Å²) in [6, 6.07) is 56.0. The van der Waals surface area contributed by atoms with Gasteiger partial charge in [0.05, 0.1) is 11.3 Å². The smallest absolute Gasteiger partial charge is 0.313 e. The van der Waals surface area contributed by atoms with Crippen molar-refractivity contribution in [2.24, 2.45) is 0 Å². The van der Waals surface area contributed by atoms with E-state index in [1.807, 2.05) is 185 Å². The Balaban J connectivity index is 0.000000172. The number of benzene rings is 6. The van der Waals surface area contributed by atoms with E-state index in [4.69, 9.17) is 0 Å². The molecule has 0 unspecified atom stereocenters. The van der Waals surface area contributed by atoms with Crippen LogP contribution in [0, 0.1) is 62.7 Å². The minimum absolute atomic E-state index is 0. The van der Waals surface area contributed by atoms with Crippen LogP contribution in [0.15, 0.2) is 170 Å². The predicted octanol–water partition coefficient (Wildman–Crippen LogP) is 10.1. The topological polar surface area (TPSA) is 34.1 Å². The van der Waals surface area contributed by atoms with Crippen LogP contribution in [-0.4, -0.2) is 0 Å². The minimum atomic E-state index is -2.93. The van der Waals surface area contributed by atoms with Gasteiger partial charge in [0.2, 0.25) is 0 Å². The van der Waals surface area contributed by atoms with Crippen LogP contribution in [0.4, 0.5) is 0 Å². The van der Waals surface area contributed by atoms with E-state index in [1.54, 1.807) is 0 Å². The molecule has 10 radical (unpaired) electrons. The summed E-state index contributed by atoms with van der Waals surface area (Å²) in [5.74, 6) is 0. The molecule has 0 heterocycles. The predicted molar refractivity (Wildman–Crippen MR) is 211 cm³/mol.